The molecule has 0 aliphatic rings. The smallest absolute Gasteiger partial charge is 0.416 e. The summed E-state index contributed by atoms with van der Waals surface area (Å²) in [4.78, 5) is 12.5. The molecule has 0 radical (unpaired) electrons. The van der Waals surface area contributed by atoms with Crippen molar-refractivity contribution in [2.45, 2.75) is 12.8 Å². The number of carbonyl (C=O) groups excluding carboxylic acids is 1. The lowest BCUT2D eigenvalue weighted by molar-refractivity contribution is -0.137. The van der Waals surface area contributed by atoms with Crippen LogP contribution in [0.25, 0.3) is 0 Å². The zero-order chi connectivity index (χ0) is 21.4. The van der Waals surface area contributed by atoms with E-state index in [0.29, 0.717) is 16.9 Å². The molecule has 3 rings (SSSR count). The topological polar surface area (TPSA) is 38.3 Å². The van der Waals surface area contributed by atoms with Gasteiger partial charge in [-0.05, 0) is 36.4 Å². The van der Waals surface area contributed by atoms with Gasteiger partial charge in [-0.2, -0.15) is 13.2 Å². The van der Waals surface area contributed by atoms with Gasteiger partial charge in [-0.3, -0.25) is 4.79 Å². The fourth-order valence-corrected chi connectivity index (χ4v) is 2.68. The maximum Gasteiger partial charge on any atom is 0.416 e. The zero-order valence-electron chi connectivity index (χ0n) is 15.9. The molecule has 1 amide bonds. The third-order valence-corrected chi connectivity index (χ3v) is 4.16. The van der Waals surface area contributed by atoms with E-state index in [1.54, 1.807) is 18.2 Å². The summed E-state index contributed by atoms with van der Waals surface area (Å²) in [6, 6.07) is 21.0. The molecule has 0 heterocycles. The number of rotatable bonds is 5. The van der Waals surface area contributed by atoms with Crippen molar-refractivity contribution in [3.05, 3.63) is 101 Å². The van der Waals surface area contributed by atoms with Crippen LogP contribution in [-0.4, -0.2) is 12.5 Å². The number of amides is 1. The van der Waals surface area contributed by atoms with E-state index in [-0.39, 0.29) is 24.6 Å². The van der Waals surface area contributed by atoms with Crippen LogP contribution in [0.3, 0.4) is 0 Å². The number of ether oxygens (including phenoxy) is 1. The molecule has 6 heteroatoms. The SMILES string of the molecule is O=C(NCC#Cc1cccc(C(F)(F)F)c1)c1ccccc1COc1ccccc1. The van der Waals surface area contributed by atoms with E-state index in [1.807, 2.05) is 36.4 Å². The highest BCUT2D eigenvalue weighted by Crippen LogP contribution is 2.29. The Hall–Kier alpha value is -3.72. The van der Waals surface area contributed by atoms with E-state index in [2.05, 4.69) is 17.2 Å². The van der Waals surface area contributed by atoms with Crippen LogP contribution in [-0.2, 0) is 12.8 Å². The number of hydrogen-bond donors (Lipinski definition) is 1. The first-order valence-corrected chi connectivity index (χ1v) is 9.13. The van der Waals surface area contributed by atoms with E-state index >= 15 is 0 Å². The van der Waals surface area contributed by atoms with Crippen LogP contribution in [0.2, 0.25) is 0 Å². The van der Waals surface area contributed by atoms with Gasteiger partial charge in [0.1, 0.15) is 12.4 Å². The Morgan fingerprint density at radius 2 is 1.67 bits per heavy atom. The summed E-state index contributed by atoms with van der Waals surface area (Å²) in [6.07, 6.45) is -4.42. The van der Waals surface area contributed by atoms with Gasteiger partial charge in [0.05, 0.1) is 12.1 Å². The molecular formula is C24H18F3NO2. The molecule has 0 aromatic heterocycles. The third-order valence-electron chi connectivity index (χ3n) is 4.16. The van der Waals surface area contributed by atoms with Gasteiger partial charge in [-0.15, -0.1) is 0 Å². The fraction of sp³-hybridized carbons (Fsp3) is 0.125. The second kappa shape index (κ2) is 9.66. The molecule has 0 saturated heterocycles. The van der Waals surface area contributed by atoms with Gasteiger partial charge in [0.15, 0.2) is 0 Å². The van der Waals surface area contributed by atoms with Gasteiger partial charge in [0, 0.05) is 16.7 Å². The van der Waals surface area contributed by atoms with Crippen LogP contribution in [0.4, 0.5) is 13.2 Å². The highest BCUT2D eigenvalue weighted by atomic mass is 19.4. The summed E-state index contributed by atoms with van der Waals surface area (Å²) in [5, 5.41) is 2.66. The Morgan fingerprint density at radius 3 is 2.43 bits per heavy atom. The molecule has 0 bridgehead atoms. The number of nitrogens with one attached hydrogen (secondary N) is 1. The summed E-state index contributed by atoms with van der Waals surface area (Å²) in [6.45, 7) is 0.229. The number of carbonyl (C=O) groups is 1. The molecule has 0 spiro atoms. The number of alkyl halides is 3. The highest BCUT2D eigenvalue weighted by Gasteiger charge is 2.30. The van der Waals surface area contributed by atoms with E-state index in [0.717, 1.165) is 12.1 Å². The lowest BCUT2D eigenvalue weighted by Crippen LogP contribution is -2.25. The number of para-hydroxylation sites is 1. The van der Waals surface area contributed by atoms with Crippen LogP contribution < -0.4 is 10.1 Å². The lowest BCUT2D eigenvalue weighted by atomic mass is 10.1. The van der Waals surface area contributed by atoms with E-state index in [9.17, 15) is 18.0 Å². The van der Waals surface area contributed by atoms with E-state index in [4.69, 9.17) is 4.74 Å². The van der Waals surface area contributed by atoms with Crippen molar-refractivity contribution in [3.63, 3.8) is 0 Å². The molecular weight excluding hydrogens is 391 g/mol. The standard InChI is InChI=1S/C24H18F3NO2/c25-24(26,27)20-11-6-8-18(16-20)9-7-15-28-23(29)22-14-5-4-10-19(22)17-30-21-12-2-1-3-13-21/h1-6,8,10-14,16H,15,17H2,(H,28,29). The minimum atomic E-state index is -4.42. The van der Waals surface area contributed by atoms with Gasteiger partial charge in [-0.1, -0.05) is 54.3 Å². The fourth-order valence-electron chi connectivity index (χ4n) is 2.68. The Labute approximate surface area is 172 Å². The highest BCUT2D eigenvalue weighted by molar-refractivity contribution is 5.95. The summed E-state index contributed by atoms with van der Waals surface area (Å²) >= 11 is 0. The second-order valence-corrected chi connectivity index (χ2v) is 6.32. The molecule has 152 valence electrons. The van der Waals surface area contributed by atoms with Gasteiger partial charge >= 0.3 is 6.18 Å². The Bertz CT molecular complexity index is 1070. The first kappa shape index (κ1) is 21.0. The number of benzene rings is 3. The molecule has 0 aliphatic carbocycles. The van der Waals surface area contributed by atoms with Crippen molar-refractivity contribution < 1.29 is 22.7 Å². The molecule has 0 unspecified atom stereocenters. The third kappa shape index (κ3) is 5.89. The van der Waals surface area contributed by atoms with Crippen molar-refractivity contribution in [1.29, 1.82) is 0 Å². The lowest BCUT2D eigenvalue weighted by Gasteiger charge is -2.10. The molecule has 0 saturated carbocycles. The van der Waals surface area contributed by atoms with Crippen LogP contribution in [0, 0.1) is 11.8 Å². The molecule has 3 aromatic rings. The Kier molecular flexibility index (Phi) is 6.76. The average Bonchev–Trinajstić information content (AvgIpc) is 2.76. The Balaban J connectivity index is 1.61. The molecule has 3 nitrogen and oxygen atoms in total. The molecule has 0 fully saturated rings. The minimum absolute atomic E-state index is 0.00293. The zero-order valence-corrected chi connectivity index (χ0v) is 15.9. The molecule has 30 heavy (non-hydrogen) atoms. The van der Waals surface area contributed by atoms with Crippen molar-refractivity contribution in [3.8, 4) is 17.6 Å². The predicted octanol–water partition coefficient (Wildman–Crippen LogP) is 5.07. The second-order valence-electron chi connectivity index (χ2n) is 6.32. The van der Waals surface area contributed by atoms with Crippen LogP contribution in [0.1, 0.15) is 27.0 Å². The maximum absolute atomic E-state index is 12.7. The van der Waals surface area contributed by atoms with E-state index < -0.39 is 11.7 Å². The summed E-state index contributed by atoms with van der Waals surface area (Å²) in [5.41, 5.74) is 0.639. The van der Waals surface area contributed by atoms with Crippen LogP contribution in [0.15, 0.2) is 78.9 Å². The Morgan fingerprint density at radius 1 is 0.933 bits per heavy atom. The molecule has 1 N–H and O–H groups in total. The minimum Gasteiger partial charge on any atom is -0.489 e. The molecule has 3 aromatic carbocycles. The number of halogens is 3. The van der Waals surface area contributed by atoms with Gasteiger partial charge in [-0.25, -0.2) is 0 Å². The predicted molar refractivity (Wildman–Crippen MR) is 108 cm³/mol. The normalized spacial score (nSPS) is 10.6. The maximum atomic E-state index is 12.7. The largest absolute Gasteiger partial charge is 0.489 e. The number of hydrogen-bond acceptors (Lipinski definition) is 2. The quantitative estimate of drug-likeness (QED) is 0.598. The van der Waals surface area contributed by atoms with Gasteiger partial charge < -0.3 is 10.1 Å². The van der Waals surface area contributed by atoms with E-state index in [1.165, 1.54) is 12.1 Å². The van der Waals surface area contributed by atoms with Gasteiger partial charge in [0.25, 0.3) is 5.91 Å². The first-order valence-electron chi connectivity index (χ1n) is 9.13. The summed E-state index contributed by atoms with van der Waals surface area (Å²) in [5.74, 6) is 5.67. The van der Waals surface area contributed by atoms with Crippen molar-refractivity contribution in [2.24, 2.45) is 0 Å². The van der Waals surface area contributed by atoms with Crippen molar-refractivity contribution in [2.75, 3.05) is 6.54 Å². The molecule has 0 aliphatic heterocycles. The van der Waals surface area contributed by atoms with Gasteiger partial charge in [0.2, 0.25) is 0 Å². The van der Waals surface area contributed by atoms with Crippen molar-refractivity contribution in [1.82, 2.24) is 5.32 Å². The monoisotopic (exact) mass is 409 g/mol. The summed E-state index contributed by atoms with van der Waals surface area (Å²) in [7, 11) is 0. The van der Waals surface area contributed by atoms with Crippen molar-refractivity contribution >= 4 is 5.91 Å². The molecule has 0 atom stereocenters. The van der Waals surface area contributed by atoms with Crippen LogP contribution >= 0.6 is 0 Å². The average molecular weight is 409 g/mol. The van der Waals surface area contributed by atoms with Crippen LogP contribution in [0.5, 0.6) is 5.75 Å². The summed E-state index contributed by atoms with van der Waals surface area (Å²) < 4.78 is 43.9. The first-order chi connectivity index (χ1) is 14.4.